The van der Waals surface area contributed by atoms with Gasteiger partial charge in [0.15, 0.2) is 0 Å². The molecule has 0 bridgehead atoms. The van der Waals surface area contributed by atoms with Crippen LogP contribution in [0.2, 0.25) is 0 Å². The fraction of sp³-hybridized carbons (Fsp3) is 0.522. The van der Waals surface area contributed by atoms with Crippen LogP contribution >= 0.6 is 0 Å². The Balaban J connectivity index is 1.44. The number of nitrogens with zero attached hydrogens (tertiary/aromatic N) is 2. The molecule has 2 saturated heterocycles. The zero-order valence-electron chi connectivity index (χ0n) is 16.5. The summed E-state index contributed by atoms with van der Waals surface area (Å²) < 4.78 is 5.67. The van der Waals surface area contributed by atoms with Gasteiger partial charge in [-0.2, -0.15) is 0 Å². The van der Waals surface area contributed by atoms with E-state index in [2.05, 4.69) is 58.1 Å². The summed E-state index contributed by atoms with van der Waals surface area (Å²) in [5.41, 5.74) is 2.39. The highest BCUT2D eigenvalue weighted by Gasteiger charge is 2.47. The monoisotopic (exact) mass is 379 g/mol. The van der Waals surface area contributed by atoms with Gasteiger partial charge in [-0.1, -0.05) is 30.3 Å². The van der Waals surface area contributed by atoms with E-state index in [4.69, 9.17) is 4.74 Å². The van der Waals surface area contributed by atoms with Crippen molar-refractivity contribution in [1.29, 1.82) is 0 Å². The number of nitrogens with one attached hydrogen (secondary N) is 1. The summed E-state index contributed by atoms with van der Waals surface area (Å²) in [6, 6.07) is 15.1. The van der Waals surface area contributed by atoms with E-state index in [1.54, 1.807) is 6.07 Å². The summed E-state index contributed by atoms with van der Waals surface area (Å²) >= 11 is 0. The fourth-order valence-corrected chi connectivity index (χ4v) is 5.25. The van der Waals surface area contributed by atoms with E-state index in [1.807, 2.05) is 0 Å². The highest BCUT2D eigenvalue weighted by molar-refractivity contribution is 5.57. The van der Waals surface area contributed by atoms with Crippen LogP contribution in [0.15, 0.2) is 47.3 Å². The molecule has 2 aromatic rings. The van der Waals surface area contributed by atoms with Crippen molar-refractivity contribution in [2.45, 2.75) is 38.3 Å². The predicted molar refractivity (Wildman–Crippen MR) is 112 cm³/mol. The number of hydrogen-bond acceptors (Lipinski definition) is 4. The van der Waals surface area contributed by atoms with Gasteiger partial charge in [-0.3, -0.25) is 4.79 Å². The van der Waals surface area contributed by atoms with E-state index in [-0.39, 0.29) is 11.7 Å². The Morgan fingerprint density at radius 3 is 2.75 bits per heavy atom. The highest BCUT2D eigenvalue weighted by atomic mass is 16.5. The quantitative estimate of drug-likeness (QED) is 0.887. The summed E-state index contributed by atoms with van der Waals surface area (Å²) in [5.74, 6) is 2.50. The summed E-state index contributed by atoms with van der Waals surface area (Å²) in [6.45, 7) is 5.54. The number of morpholine rings is 1. The molecule has 0 radical (unpaired) electrons. The van der Waals surface area contributed by atoms with Crippen LogP contribution in [0.5, 0.6) is 0 Å². The van der Waals surface area contributed by atoms with Crippen LogP contribution in [0.4, 0.5) is 11.5 Å². The normalized spacial score (nSPS) is 29.5. The van der Waals surface area contributed by atoms with Crippen LogP contribution < -0.4 is 15.4 Å². The lowest BCUT2D eigenvalue weighted by Gasteiger charge is -2.35. The van der Waals surface area contributed by atoms with Gasteiger partial charge in [-0.15, -0.1) is 0 Å². The van der Waals surface area contributed by atoms with Gasteiger partial charge in [-0.05, 0) is 43.6 Å². The molecule has 0 spiro atoms. The van der Waals surface area contributed by atoms with E-state index in [1.165, 1.54) is 18.4 Å². The lowest BCUT2D eigenvalue weighted by molar-refractivity contribution is 0.0532. The number of fused-ring (bicyclic) bond motifs is 1. The molecule has 5 nitrogen and oxygen atoms in total. The topological polar surface area (TPSA) is 48.6 Å². The van der Waals surface area contributed by atoms with Gasteiger partial charge in [0, 0.05) is 43.5 Å². The number of H-pyrrole nitrogens is 1. The van der Waals surface area contributed by atoms with Crippen LogP contribution in [0.1, 0.15) is 25.3 Å². The number of aromatic nitrogens is 1. The van der Waals surface area contributed by atoms with E-state index in [0.29, 0.717) is 12.6 Å². The van der Waals surface area contributed by atoms with Crippen molar-refractivity contribution < 1.29 is 4.74 Å². The molecule has 0 unspecified atom stereocenters. The first kappa shape index (κ1) is 17.8. The van der Waals surface area contributed by atoms with Gasteiger partial charge >= 0.3 is 0 Å². The molecule has 1 aromatic heterocycles. The zero-order chi connectivity index (χ0) is 19.1. The molecule has 5 rings (SSSR count). The summed E-state index contributed by atoms with van der Waals surface area (Å²) in [7, 11) is 0. The Hall–Kier alpha value is -2.27. The maximum absolute atomic E-state index is 12.5. The Bertz CT molecular complexity index is 881. The van der Waals surface area contributed by atoms with E-state index in [0.717, 1.165) is 49.4 Å². The van der Waals surface area contributed by atoms with Gasteiger partial charge in [0.1, 0.15) is 5.82 Å². The number of anilines is 2. The van der Waals surface area contributed by atoms with Crippen molar-refractivity contribution in [3.8, 4) is 0 Å². The van der Waals surface area contributed by atoms with Crippen molar-refractivity contribution >= 4 is 11.5 Å². The molecule has 1 aromatic carbocycles. The van der Waals surface area contributed by atoms with E-state index < -0.39 is 0 Å². The molecular formula is C23H29N3O2. The molecule has 4 atom stereocenters. The second-order valence-electron chi connectivity index (χ2n) is 8.63. The van der Waals surface area contributed by atoms with Crippen LogP contribution in [0.3, 0.4) is 0 Å². The van der Waals surface area contributed by atoms with Crippen LogP contribution in [-0.4, -0.2) is 43.4 Å². The SMILES string of the molecule is C[C@@H]1CN(c2cc(N3C[C@@H]4CC[C@@H]4[C@@H]3Cc3ccccc3)[nH]c(=O)c2)CCO1. The Morgan fingerprint density at radius 2 is 2.00 bits per heavy atom. The summed E-state index contributed by atoms with van der Waals surface area (Å²) in [6.07, 6.45) is 3.87. The van der Waals surface area contributed by atoms with Crippen molar-refractivity contribution in [3.63, 3.8) is 0 Å². The minimum Gasteiger partial charge on any atom is -0.375 e. The number of pyridine rings is 1. The molecule has 28 heavy (non-hydrogen) atoms. The van der Waals surface area contributed by atoms with E-state index in [9.17, 15) is 4.79 Å². The Kier molecular flexibility index (Phi) is 4.63. The molecule has 3 aliphatic rings. The Morgan fingerprint density at radius 1 is 1.14 bits per heavy atom. The molecule has 3 heterocycles. The van der Waals surface area contributed by atoms with Gasteiger partial charge in [0.25, 0.3) is 5.56 Å². The lowest BCUT2D eigenvalue weighted by Crippen LogP contribution is -2.42. The number of benzene rings is 1. The molecule has 2 aliphatic heterocycles. The second kappa shape index (κ2) is 7.28. The molecular weight excluding hydrogens is 350 g/mol. The fourth-order valence-electron chi connectivity index (χ4n) is 5.25. The molecule has 3 fully saturated rings. The number of rotatable bonds is 4. The largest absolute Gasteiger partial charge is 0.375 e. The first-order valence-corrected chi connectivity index (χ1v) is 10.6. The minimum atomic E-state index is -0.00986. The number of ether oxygens (including phenoxy) is 1. The van der Waals surface area contributed by atoms with Gasteiger partial charge in [0.05, 0.1) is 12.7 Å². The van der Waals surface area contributed by atoms with Gasteiger partial charge < -0.3 is 19.5 Å². The smallest absolute Gasteiger partial charge is 0.251 e. The number of aromatic amines is 1. The third-order valence-corrected chi connectivity index (χ3v) is 6.82. The zero-order valence-corrected chi connectivity index (χ0v) is 16.5. The predicted octanol–water partition coefficient (Wildman–Crippen LogP) is 3.06. The third-order valence-electron chi connectivity index (χ3n) is 6.82. The maximum Gasteiger partial charge on any atom is 0.251 e. The van der Waals surface area contributed by atoms with Crippen molar-refractivity contribution in [2.24, 2.45) is 11.8 Å². The average molecular weight is 380 g/mol. The third kappa shape index (κ3) is 3.32. The van der Waals surface area contributed by atoms with Crippen LogP contribution in [0.25, 0.3) is 0 Å². The molecule has 5 heteroatoms. The summed E-state index contributed by atoms with van der Waals surface area (Å²) in [4.78, 5) is 20.4. The molecule has 1 saturated carbocycles. The molecule has 1 N–H and O–H groups in total. The summed E-state index contributed by atoms with van der Waals surface area (Å²) in [5, 5.41) is 0. The molecule has 0 amide bonds. The van der Waals surface area contributed by atoms with Crippen molar-refractivity contribution in [2.75, 3.05) is 36.0 Å². The van der Waals surface area contributed by atoms with Gasteiger partial charge in [0.2, 0.25) is 0 Å². The van der Waals surface area contributed by atoms with Crippen LogP contribution in [-0.2, 0) is 11.2 Å². The number of hydrogen-bond donors (Lipinski definition) is 1. The van der Waals surface area contributed by atoms with E-state index >= 15 is 0 Å². The average Bonchev–Trinajstić information content (AvgIpc) is 2.91. The van der Waals surface area contributed by atoms with Gasteiger partial charge in [-0.25, -0.2) is 0 Å². The molecule has 1 aliphatic carbocycles. The maximum atomic E-state index is 12.5. The first-order valence-electron chi connectivity index (χ1n) is 10.6. The van der Waals surface area contributed by atoms with Crippen molar-refractivity contribution in [1.82, 2.24) is 4.98 Å². The van der Waals surface area contributed by atoms with Crippen LogP contribution in [0, 0.1) is 11.8 Å². The standard InChI is InChI=1S/C23H29N3O2/c1-16-14-25(9-10-28-16)19-12-22(24-23(27)13-19)26-15-18-7-8-20(18)21(26)11-17-5-3-2-4-6-17/h2-6,12-13,16,18,20-21H,7-11,14-15H2,1H3,(H,24,27)/t16-,18+,20+,21+/m1/s1. The molecule has 148 valence electrons. The minimum absolute atomic E-state index is 0.00986. The second-order valence-corrected chi connectivity index (χ2v) is 8.63. The van der Waals surface area contributed by atoms with Crippen molar-refractivity contribution in [3.05, 3.63) is 58.4 Å². The highest BCUT2D eigenvalue weighted by Crippen LogP contribution is 2.47. The Labute approximate surface area is 166 Å². The lowest BCUT2D eigenvalue weighted by atomic mass is 9.72. The first-order chi connectivity index (χ1) is 13.7.